The molecule has 0 fully saturated rings. The molecular weight excluding hydrogens is 1490 g/mol. The third-order valence-electron chi connectivity index (χ3n) is 28.4. The van der Waals surface area contributed by atoms with Crippen molar-refractivity contribution >= 4 is 129 Å². The van der Waals surface area contributed by atoms with Crippen molar-refractivity contribution in [3.8, 4) is 94.7 Å². The van der Waals surface area contributed by atoms with E-state index in [9.17, 15) is 0 Å². The summed E-state index contributed by atoms with van der Waals surface area (Å²) >= 11 is 0. The summed E-state index contributed by atoms with van der Waals surface area (Å²) in [5.41, 5.74) is 12.5. The maximum absolute atomic E-state index is 3.67. The molecule has 0 heteroatoms. The fourth-order valence-electron chi connectivity index (χ4n) is 20.8. The highest BCUT2D eigenvalue weighted by atomic mass is 14.3. The topological polar surface area (TPSA) is 0 Å². The smallest absolute Gasteiger partial charge is 0.0347 e. The van der Waals surface area contributed by atoms with Crippen molar-refractivity contribution in [1.82, 2.24) is 0 Å². The Morgan fingerprint density at radius 1 is 0.169 bits per heavy atom. The lowest BCUT2D eigenvalue weighted by Crippen LogP contribution is -2.17. The average Bonchev–Trinajstić information content (AvgIpc) is 0.740. The Kier molecular flexibility index (Phi) is 24.9. The Hall–Kier alpha value is -11.8. The zero-order valence-corrected chi connectivity index (χ0v) is 76.0. The summed E-state index contributed by atoms with van der Waals surface area (Å²) in [5.74, 6) is 57.0. The second-order valence-electron chi connectivity index (χ2n) is 39.1. The minimum Gasteiger partial charge on any atom is -0.0654 e. The number of benzene rings is 16. The van der Waals surface area contributed by atoms with Crippen molar-refractivity contribution < 1.29 is 0 Å². The van der Waals surface area contributed by atoms with E-state index in [1.165, 1.54) is 241 Å². The van der Waals surface area contributed by atoms with Crippen LogP contribution in [0.1, 0.15) is 330 Å². The van der Waals surface area contributed by atoms with Crippen molar-refractivity contribution in [3.63, 3.8) is 0 Å². The Labute approximate surface area is 740 Å². The Morgan fingerprint density at radius 2 is 0.315 bits per heavy atom. The minimum absolute atomic E-state index is 0.00739. The lowest BCUT2D eigenvalue weighted by Gasteiger charge is -2.27. The monoisotopic (exact) mass is 1610 g/mol. The van der Waals surface area contributed by atoms with Crippen LogP contribution in [-0.4, -0.2) is 0 Å². The van der Waals surface area contributed by atoms with E-state index in [0.29, 0.717) is 0 Å². The molecule has 0 heterocycles. The Bertz CT molecular complexity index is 6100. The van der Waals surface area contributed by atoms with Crippen LogP contribution in [0.3, 0.4) is 0 Å². The van der Waals surface area contributed by atoms with E-state index in [0.717, 1.165) is 135 Å². The largest absolute Gasteiger partial charge is 0.0654 e. The van der Waals surface area contributed by atoms with E-state index in [1.54, 1.807) is 0 Å². The van der Waals surface area contributed by atoms with Crippen molar-refractivity contribution in [1.29, 1.82) is 0 Å². The zero-order chi connectivity index (χ0) is 85.7. The average molecular weight is 1610 g/mol. The van der Waals surface area contributed by atoms with Crippen molar-refractivity contribution in [3.05, 3.63) is 237 Å². The molecule has 0 unspecified atom stereocenters. The molecule has 0 amide bonds. The van der Waals surface area contributed by atoms with E-state index >= 15 is 0 Å². The molecule has 0 aromatic heterocycles. The third kappa shape index (κ3) is 17.2. The van der Waals surface area contributed by atoms with Gasteiger partial charge in [-0.3, -0.25) is 0 Å². The van der Waals surface area contributed by atoms with E-state index < -0.39 is 0 Å². The molecule has 616 valence electrons. The van der Waals surface area contributed by atoms with E-state index in [-0.39, 0.29) is 21.7 Å². The molecule has 17 rings (SSSR count). The van der Waals surface area contributed by atoms with Gasteiger partial charge < -0.3 is 0 Å². The van der Waals surface area contributed by atoms with Crippen LogP contribution in [0.15, 0.2) is 170 Å². The van der Waals surface area contributed by atoms with Crippen LogP contribution in [0, 0.1) is 94.7 Å². The quantitative estimate of drug-likeness (QED) is 0.0224. The van der Waals surface area contributed by atoms with Crippen LogP contribution in [0.4, 0.5) is 0 Å². The second kappa shape index (κ2) is 36.5. The lowest BCUT2D eigenvalue weighted by molar-refractivity contribution is 0.443. The molecular formula is C124H120. The van der Waals surface area contributed by atoms with Gasteiger partial charge in [0, 0.05) is 44.5 Å². The van der Waals surface area contributed by atoms with Crippen molar-refractivity contribution in [2.75, 3.05) is 0 Å². The second-order valence-corrected chi connectivity index (χ2v) is 39.1. The molecule has 0 saturated heterocycles. The predicted octanol–water partition coefficient (Wildman–Crippen LogP) is 33.3. The molecule has 16 aromatic carbocycles. The van der Waals surface area contributed by atoms with Gasteiger partial charge in [0.2, 0.25) is 0 Å². The normalized spacial score (nSPS) is 12.6. The molecule has 1 aliphatic carbocycles. The van der Waals surface area contributed by atoms with Gasteiger partial charge in [-0.25, -0.2) is 0 Å². The van der Waals surface area contributed by atoms with E-state index in [4.69, 9.17) is 0 Å². The summed E-state index contributed by atoms with van der Waals surface area (Å²) in [4.78, 5) is 0. The standard InChI is InChI=1S/C124H120/c1-13-17-21-25-29-41-69-121(5,6)101-77-93-53-61-105-85-45-33-35-47-87-74-89(109-65-57-97-81-102(79-95-55-63-107(87)118(109)114(95)97)122(7,8)70-42-30-26-22-18-14-2)49-37-39-51-91-76-92(112-68-60-100-84-104(83-99-59-67-111(91)120(112)116(99)100)124(11,12)72-44-32-28-24-20-16-4)52-40-38-50-90-75-88(48-36-34-46-86(73-85)106-62-54-94(78-101)113(93)117(105)106)108-64-56-96-80-103(82-98-58-66-110(90)119(108)115(96)98)123(9,10)71-43-31-27-23-19-15-3/h53-68,73-84H,13-32,41-44,69-72H2,1-12H3. The third-order valence-corrected chi connectivity index (χ3v) is 28.4. The summed E-state index contributed by atoms with van der Waals surface area (Å²) < 4.78 is 0. The van der Waals surface area contributed by atoms with Crippen LogP contribution in [0.2, 0.25) is 0 Å². The molecule has 0 spiro atoms. The summed E-state index contributed by atoms with van der Waals surface area (Å²) in [7, 11) is 0. The van der Waals surface area contributed by atoms with Crippen LogP contribution in [0.25, 0.3) is 129 Å². The highest BCUT2D eigenvalue weighted by Gasteiger charge is 2.29. The zero-order valence-electron chi connectivity index (χ0n) is 76.0. The predicted molar refractivity (Wildman–Crippen MR) is 540 cm³/mol. The molecule has 0 nitrogen and oxygen atoms in total. The van der Waals surface area contributed by atoms with Gasteiger partial charge in [-0.1, -0.05) is 430 Å². The van der Waals surface area contributed by atoms with Gasteiger partial charge in [0.05, 0.1) is 0 Å². The number of rotatable bonds is 32. The molecule has 0 N–H and O–H groups in total. The van der Waals surface area contributed by atoms with Gasteiger partial charge >= 0.3 is 0 Å². The lowest BCUT2D eigenvalue weighted by atomic mass is 9.78. The highest BCUT2D eigenvalue weighted by molar-refractivity contribution is 6.29. The first-order valence-corrected chi connectivity index (χ1v) is 47.5. The van der Waals surface area contributed by atoms with Crippen LogP contribution < -0.4 is 0 Å². The highest BCUT2D eigenvalue weighted by Crippen LogP contribution is 2.48. The SMILES string of the molecule is CCCCCCCCC(C)(C)c1cc2ccc3c4cc(c5ccc(c1)c2c35)C#CC#Cc1cc(c2ccc3cc(C(C)(C)CCCCCCCC)cc5ccc1c2c53)C#CC#Cc1cc(c2ccc3cc(C(C)(C)CCCCCCCC)cc5ccc1c2c35)C#CC#Cc1cc(c2ccc3cc(C(C)(C)CCCCCCCC)cc5ccc1c2c35)C#CC#C4. The van der Waals surface area contributed by atoms with Gasteiger partial charge in [0.15, 0.2) is 0 Å². The molecule has 0 aliphatic heterocycles. The molecule has 8 bridgehead atoms. The van der Waals surface area contributed by atoms with Gasteiger partial charge in [0.25, 0.3) is 0 Å². The first-order valence-electron chi connectivity index (χ1n) is 47.5. The van der Waals surface area contributed by atoms with E-state index in [1.807, 2.05) is 0 Å². The molecule has 124 heavy (non-hydrogen) atoms. The van der Waals surface area contributed by atoms with Crippen LogP contribution >= 0.6 is 0 Å². The van der Waals surface area contributed by atoms with Crippen molar-refractivity contribution in [2.45, 2.75) is 285 Å². The fourth-order valence-corrected chi connectivity index (χ4v) is 20.8. The number of hydrogen-bond donors (Lipinski definition) is 0. The number of unbranched alkanes of at least 4 members (excludes halogenated alkanes) is 20. The molecule has 1 aliphatic rings. The molecule has 0 saturated carbocycles. The van der Waals surface area contributed by atoms with Gasteiger partial charge in [-0.15, -0.1) is 0 Å². The summed E-state index contributed by atoms with van der Waals surface area (Å²) in [6.07, 6.45) is 35.4. The fraction of sp³-hybridized carbons (Fsp3) is 0.355. The maximum atomic E-state index is 3.67. The summed E-state index contributed by atoms with van der Waals surface area (Å²) in [5, 5.41) is 28.1. The Balaban J connectivity index is 0.851. The number of fused-ring (bicyclic) bond motifs is 16. The number of hydrogen-bond acceptors (Lipinski definition) is 0. The van der Waals surface area contributed by atoms with Gasteiger partial charge in [-0.2, -0.15) is 0 Å². The van der Waals surface area contributed by atoms with Crippen LogP contribution in [0.5, 0.6) is 0 Å². The van der Waals surface area contributed by atoms with Crippen LogP contribution in [-0.2, 0) is 21.7 Å². The summed E-state index contributed by atoms with van der Waals surface area (Å²) in [6.45, 7) is 28.7. The molecule has 16 aromatic rings. The first-order chi connectivity index (χ1) is 60.3. The van der Waals surface area contributed by atoms with Crippen molar-refractivity contribution in [2.24, 2.45) is 0 Å². The van der Waals surface area contributed by atoms with Gasteiger partial charge in [-0.05, 0) is 270 Å². The molecule has 0 atom stereocenters. The van der Waals surface area contributed by atoms with E-state index in [2.05, 4.69) is 348 Å². The molecule has 0 radical (unpaired) electrons. The first kappa shape index (κ1) is 84.4. The minimum atomic E-state index is 0.00739. The van der Waals surface area contributed by atoms with Gasteiger partial charge in [0.1, 0.15) is 0 Å². The maximum Gasteiger partial charge on any atom is 0.0347 e. The summed E-state index contributed by atoms with van der Waals surface area (Å²) in [6, 6.07) is 65.2. The Morgan fingerprint density at radius 3 is 0.468 bits per heavy atom.